The average Bonchev–Trinajstić information content (AvgIpc) is 2.35. The Balaban J connectivity index is 2.22. The molecule has 2 aromatic rings. The summed E-state index contributed by atoms with van der Waals surface area (Å²) in [6.45, 7) is 0. The molecule has 2 aromatic carbocycles. The van der Waals surface area contributed by atoms with Crippen molar-refractivity contribution in [2.45, 2.75) is 11.5 Å². The van der Waals surface area contributed by atoms with E-state index in [1.165, 1.54) is 0 Å². The number of anilines is 1. The van der Waals surface area contributed by atoms with Crippen LogP contribution >= 0.6 is 23.2 Å². The molecule has 2 N–H and O–H groups in total. The van der Waals surface area contributed by atoms with E-state index in [9.17, 15) is 8.42 Å². The van der Waals surface area contributed by atoms with Gasteiger partial charge in [-0.05, 0) is 29.3 Å². The monoisotopic (exact) mass is 329 g/mol. The van der Waals surface area contributed by atoms with Crippen molar-refractivity contribution in [3.05, 3.63) is 63.6 Å². The molecule has 0 unspecified atom stereocenters. The van der Waals surface area contributed by atoms with Crippen molar-refractivity contribution in [3.63, 3.8) is 0 Å². The number of hydrogen-bond acceptors (Lipinski definition) is 3. The Bertz CT molecular complexity index is 730. The van der Waals surface area contributed by atoms with Gasteiger partial charge in [-0.2, -0.15) is 0 Å². The molecule has 0 aromatic heterocycles. The normalized spacial score (nSPS) is 11.5. The minimum Gasteiger partial charge on any atom is -0.398 e. The molecule has 0 atom stereocenters. The lowest BCUT2D eigenvalue weighted by Crippen LogP contribution is -2.09. The summed E-state index contributed by atoms with van der Waals surface area (Å²) in [6.07, 6.45) is 0. The van der Waals surface area contributed by atoms with Crippen LogP contribution in [-0.2, 0) is 21.3 Å². The minimum atomic E-state index is -3.35. The van der Waals surface area contributed by atoms with E-state index in [1.807, 2.05) is 0 Å². The zero-order valence-electron chi connectivity index (χ0n) is 10.5. The molecule has 0 heterocycles. The summed E-state index contributed by atoms with van der Waals surface area (Å²) in [5.41, 5.74) is 7.28. The quantitative estimate of drug-likeness (QED) is 0.870. The van der Waals surface area contributed by atoms with E-state index in [0.717, 1.165) is 0 Å². The zero-order valence-corrected chi connectivity index (χ0v) is 12.8. The maximum absolute atomic E-state index is 12.2. The lowest BCUT2D eigenvalue weighted by Gasteiger charge is -2.08. The van der Waals surface area contributed by atoms with Crippen LogP contribution in [0.25, 0.3) is 0 Å². The van der Waals surface area contributed by atoms with Crippen LogP contribution in [0, 0.1) is 0 Å². The molecule has 0 amide bonds. The standard InChI is InChI=1S/C14H13Cl2NO2S/c15-12-6-5-11(14(17)7-12)9-20(18,19)8-10-3-1-2-4-13(10)16/h1-7H,8-9,17H2. The first-order chi connectivity index (χ1) is 9.37. The van der Waals surface area contributed by atoms with Gasteiger partial charge in [0.2, 0.25) is 0 Å². The molecule has 20 heavy (non-hydrogen) atoms. The summed E-state index contributed by atoms with van der Waals surface area (Å²) in [5, 5.41) is 0.926. The Morgan fingerprint density at radius 1 is 0.950 bits per heavy atom. The Hall–Kier alpha value is -1.23. The molecule has 0 aliphatic rings. The number of nitrogen functional groups attached to an aromatic ring is 1. The summed E-state index contributed by atoms with van der Waals surface area (Å²) < 4.78 is 24.4. The molecule has 0 aliphatic heterocycles. The topological polar surface area (TPSA) is 60.2 Å². The van der Waals surface area contributed by atoms with E-state index in [2.05, 4.69) is 0 Å². The smallest absolute Gasteiger partial charge is 0.158 e. The summed E-state index contributed by atoms with van der Waals surface area (Å²) in [7, 11) is -3.35. The highest BCUT2D eigenvalue weighted by Crippen LogP contribution is 2.23. The summed E-state index contributed by atoms with van der Waals surface area (Å²) in [6, 6.07) is 11.7. The molecular weight excluding hydrogens is 317 g/mol. The number of sulfone groups is 1. The number of nitrogens with two attached hydrogens (primary N) is 1. The first kappa shape index (κ1) is 15.2. The Labute approximate surface area is 128 Å². The largest absolute Gasteiger partial charge is 0.398 e. The van der Waals surface area contributed by atoms with E-state index in [1.54, 1.807) is 42.5 Å². The molecule has 0 bridgehead atoms. The molecule has 6 heteroatoms. The van der Waals surface area contributed by atoms with Crippen LogP contribution in [0.15, 0.2) is 42.5 Å². The summed E-state index contributed by atoms with van der Waals surface area (Å²) in [4.78, 5) is 0. The fraction of sp³-hybridized carbons (Fsp3) is 0.143. The molecular formula is C14H13Cl2NO2S. The van der Waals surface area contributed by atoms with Crippen LogP contribution in [0.3, 0.4) is 0 Å². The van der Waals surface area contributed by atoms with Crippen LogP contribution in [-0.4, -0.2) is 8.42 Å². The third-order valence-electron chi connectivity index (χ3n) is 2.82. The van der Waals surface area contributed by atoms with Crippen molar-refractivity contribution in [2.24, 2.45) is 0 Å². The molecule has 0 spiro atoms. The highest BCUT2D eigenvalue weighted by molar-refractivity contribution is 7.89. The van der Waals surface area contributed by atoms with Gasteiger partial charge in [0, 0.05) is 15.7 Å². The Morgan fingerprint density at radius 3 is 2.25 bits per heavy atom. The highest BCUT2D eigenvalue weighted by atomic mass is 35.5. The summed E-state index contributed by atoms with van der Waals surface area (Å²) >= 11 is 11.8. The number of benzene rings is 2. The van der Waals surface area contributed by atoms with Crippen molar-refractivity contribution in [1.82, 2.24) is 0 Å². The van der Waals surface area contributed by atoms with E-state index in [4.69, 9.17) is 28.9 Å². The van der Waals surface area contributed by atoms with Crippen LogP contribution in [0.2, 0.25) is 10.0 Å². The van der Waals surface area contributed by atoms with Crippen molar-refractivity contribution < 1.29 is 8.42 Å². The highest BCUT2D eigenvalue weighted by Gasteiger charge is 2.16. The predicted octanol–water partition coefficient (Wildman–Crippen LogP) is 3.69. The van der Waals surface area contributed by atoms with Crippen molar-refractivity contribution >= 4 is 38.7 Å². The van der Waals surface area contributed by atoms with Gasteiger partial charge in [-0.15, -0.1) is 0 Å². The Kier molecular flexibility index (Phi) is 4.58. The first-order valence-corrected chi connectivity index (χ1v) is 8.43. The van der Waals surface area contributed by atoms with Crippen LogP contribution in [0.4, 0.5) is 5.69 Å². The van der Waals surface area contributed by atoms with Crippen molar-refractivity contribution in [1.29, 1.82) is 0 Å². The molecule has 0 saturated carbocycles. The second kappa shape index (κ2) is 6.04. The minimum absolute atomic E-state index is 0.116. The lowest BCUT2D eigenvalue weighted by molar-refractivity contribution is 0.594. The average molecular weight is 330 g/mol. The molecule has 0 fully saturated rings. The van der Waals surface area contributed by atoms with Crippen LogP contribution in [0.5, 0.6) is 0 Å². The molecule has 3 nitrogen and oxygen atoms in total. The molecule has 0 radical (unpaired) electrons. The number of rotatable bonds is 4. The van der Waals surface area contributed by atoms with Crippen molar-refractivity contribution in [3.8, 4) is 0 Å². The Morgan fingerprint density at radius 2 is 1.60 bits per heavy atom. The lowest BCUT2D eigenvalue weighted by atomic mass is 10.2. The molecule has 106 valence electrons. The third-order valence-corrected chi connectivity index (χ3v) is 4.92. The molecule has 2 rings (SSSR count). The first-order valence-electron chi connectivity index (χ1n) is 5.85. The van der Waals surface area contributed by atoms with Gasteiger partial charge < -0.3 is 5.73 Å². The fourth-order valence-electron chi connectivity index (χ4n) is 1.84. The SMILES string of the molecule is Nc1cc(Cl)ccc1CS(=O)(=O)Cc1ccccc1Cl. The number of halogens is 2. The van der Waals surface area contributed by atoms with Gasteiger partial charge in [0.15, 0.2) is 9.84 Å². The van der Waals surface area contributed by atoms with Crippen LogP contribution in [0.1, 0.15) is 11.1 Å². The molecule has 0 saturated heterocycles. The van der Waals surface area contributed by atoms with Gasteiger partial charge >= 0.3 is 0 Å². The van der Waals surface area contributed by atoms with Gasteiger partial charge in [-0.1, -0.05) is 47.5 Å². The fourth-order valence-corrected chi connectivity index (χ4v) is 3.86. The maximum Gasteiger partial charge on any atom is 0.158 e. The predicted molar refractivity (Wildman–Crippen MR) is 83.6 cm³/mol. The van der Waals surface area contributed by atoms with Gasteiger partial charge in [-0.25, -0.2) is 8.42 Å². The van der Waals surface area contributed by atoms with Gasteiger partial charge in [0.25, 0.3) is 0 Å². The maximum atomic E-state index is 12.2. The van der Waals surface area contributed by atoms with Gasteiger partial charge in [0.05, 0.1) is 11.5 Å². The third kappa shape index (κ3) is 3.88. The van der Waals surface area contributed by atoms with Crippen LogP contribution < -0.4 is 5.73 Å². The van der Waals surface area contributed by atoms with E-state index in [0.29, 0.717) is 26.9 Å². The van der Waals surface area contributed by atoms with Crippen molar-refractivity contribution in [2.75, 3.05) is 5.73 Å². The van der Waals surface area contributed by atoms with Gasteiger partial charge in [0.1, 0.15) is 0 Å². The van der Waals surface area contributed by atoms with E-state index >= 15 is 0 Å². The second-order valence-corrected chi connectivity index (χ2v) is 7.37. The second-order valence-electron chi connectivity index (χ2n) is 4.47. The van der Waals surface area contributed by atoms with E-state index in [-0.39, 0.29) is 11.5 Å². The zero-order chi connectivity index (χ0) is 14.8. The number of hydrogen-bond donors (Lipinski definition) is 1. The van der Waals surface area contributed by atoms with Gasteiger partial charge in [-0.3, -0.25) is 0 Å². The summed E-state index contributed by atoms with van der Waals surface area (Å²) in [5.74, 6) is -0.254. The molecule has 0 aliphatic carbocycles. The van der Waals surface area contributed by atoms with E-state index < -0.39 is 9.84 Å².